The van der Waals surface area contributed by atoms with Gasteiger partial charge in [0.25, 0.3) is 0 Å². The van der Waals surface area contributed by atoms with Crippen LogP contribution in [0, 0.1) is 0 Å². The third-order valence-corrected chi connectivity index (χ3v) is 3.97. The second kappa shape index (κ2) is 14.1. The Hall–Kier alpha value is -1.51. The summed E-state index contributed by atoms with van der Waals surface area (Å²) in [6.07, 6.45) is 25.0. The molecule has 0 unspecified atom stereocenters. The van der Waals surface area contributed by atoms with Crippen molar-refractivity contribution in [3.05, 3.63) is 36.1 Å². The van der Waals surface area contributed by atoms with E-state index in [0.717, 1.165) is 6.42 Å². The average Bonchev–Trinajstić information content (AvgIpc) is 2.57. The van der Waals surface area contributed by atoms with E-state index in [1.165, 1.54) is 76.7 Å². The minimum absolute atomic E-state index is 0.466. The molecule has 0 aromatic carbocycles. The predicted octanol–water partition coefficient (Wildman–Crippen LogP) is 6.17. The number of rotatable bonds is 13. The van der Waals surface area contributed by atoms with Gasteiger partial charge in [-0.3, -0.25) is 4.89 Å². The lowest BCUT2D eigenvalue weighted by molar-refractivity contribution is -0.242. The fraction of sp³-hybridized carbons (Fsp3) is 0.650. The molecular weight excluding hydrogens is 288 g/mol. The fourth-order valence-electron chi connectivity index (χ4n) is 2.56. The van der Waals surface area contributed by atoms with Crippen molar-refractivity contribution in [1.29, 1.82) is 0 Å². The number of unbranched alkanes of at least 4 members (excludes halogenated alkanes) is 11. The molecule has 1 heterocycles. The van der Waals surface area contributed by atoms with Crippen molar-refractivity contribution < 1.29 is 14.6 Å². The summed E-state index contributed by atoms with van der Waals surface area (Å²) in [5.41, 5.74) is 0. The Morgan fingerprint density at radius 1 is 0.826 bits per heavy atom. The first-order valence-electron chi connectivity index (χ1n) is 9.26. The standard InChI is InChI=1S/C20H32O3/c1-2-3-4-5-6-7-8-9-10-11-12-13-14-15-16-19-17-18-20(21)23-22-19/h14-18H,2-13H2,1H3. The van der Waals surface area contributed by atoms with E-state index in [-0.39, 0.29) is 0 Å². The molecule has 0 aliphatic carbocycles. The van der Waals surface area contributed by atoms with Gasteiger partial charge in [0.2, 0.25) is 0 Å². The predicted molar refractivity (Wildman–Crippen MR) is 94.6 cm³/mol. The van der Waals surface area contributed by atoms with Gasteiger partial charge in [0, 0.05) is 6.08 Å². The molecule has 0 atom stereocenters. The number of hydrogen-bond donors (Lipinski definition) is 0. The van der Waals surface area contributed by atoms with Gasteiger partial charge in [-0.25, -0.2) is 9.68 Å². The molecule has 0 aromatic heterocycles. The highest BCUT2D eigenvalue weighted by Crippen LogP contribution is 2.12. The van der Waals surface area contributed by atoms with Crippen LogP contribution in [-0.4, -0.2) is 5.97 Å². The van der Waals surface area contributed by atoms with Crippen molar-refractivity contribution in [2.24, 2.45) is 0 Å². The quantitative estimate of drug-likeness (QED) is 0.300. The van der Waals surface area contributed by atoms with Crippen LogP contribution in [0.15, 0.2) is 36.1 Å². The zero-order valence-corrected chi connectivity index (χ0v) is 14.6. The van der Waals surface area contributed by atoms with E-state index in [1.54, 1.807) is 6.08 Å². The molecule has 1 aliphatic rings. The van der Waals surface area contributed by atoms with Gasteiger partial charge in [-0.15, -0.1) is 0 Å². The highest BCUT2D eigenvalue weighted by Gasteiger charge is 2.06. The lowest BCUT2D eigenvalue weighted by atomic mass is 10.1. The molecule has 0 fully saturated rings. The Labute approximate surface area is 141 Å². The zero-order chi connectivity index (χ0) is 16.6. The first-order valence-corrected chi connectivity index (χ1v) is 9.26. The van der Waals surface area contributed by atoms with Crippen LogP contribution in [0.2, 0.25) is 0 Å². The summed E-state index contributed by atoms with van der Waals surface area (Å²) >= 11 is 0. The van der Waals surface area contributed by atoms with E-state index in [2.05, 4.69) is 17.9 Å². The van der Waals surface area contributed by atoms with Crippen LogP contribution in [0.3, 0.4) is 0 Å². The van der Waals surface area contributed by atoms with Gasteiger partial charge in [-0.05, 0) is 25.0 Å². The second-order valence-electron chi connectivity index (χ2n) is 6.14. The number of carbonyl (C=O) groups is 1. The van der Waals surface area contributed by atoms with Gasteiger partial charge in [0.1, 0.15) is 0 Å². The lowest BCUT2D eigenvalue weighted by Gasteiger charge is -2.06. The van der Waals surface area contributed by atoms with Crippen LogP contribution in [0.5, 0.6) is 0 Å². The minimum Gasteiger partial charge on any atom is -0.287 e. The summed E-state index contributed by atoms with van der Waals surface area (Å²) in [6.45, 7) is 2.27. The van der Waals surface area contributed by atoms with E-state index in [1.807, 2.05) is 12.2 Å². The molecule has 3 nitrogen and oxygen atoms in total. The first kappa shape index (κ1) is 19.5. The molecule has 0 saturated heterocycles. The molecule has 0 amide bonds. The Balaban J connectivity index is 1.86. The maximum absolute atomic E-state index is 10.7. The summed E-state index contributed by atoms with van der Waals surface area (Å²) in [5, 5.41) is 0. The van der Waals surface area contributed by atoms with Gasteiger partial charge in [0.15, 0.2) is 5.76 Å². The largest absolute Gasteiger partial charge is 0.379 e. The van der Waals surface area contributed by atoms with E-state index in [9.17, 15) is 4.79 Å². The van der Waals surface area contributed by atoms with Crippen LogP contribution in [0.25, 0.3) is 0 Å². The first-order chi connectivity index (χ1) is 11.3. The molecule has 0 N–H and O–H groups in total. The SMILES string of the molecule is CCCCCCCCCCCCCC=CC=C1C=CC(=O)OO1. The highest BCUT2D eigenvalue weighted by atomic mass is 17.2. The summed E-state index contributed by atoms with van der Waals surface area (Å²) in [4.78, 5) is 19.9. The summed E-state index contributed by atoms with van der Waals surface area (Å²) in [7, 11) is 0. The van der Waals surface area contributed by atoms with Crippen LogP contribution in [0.4, 0.5) is 0 Å². The molecular formula is C20H32O3. The summed E-state index contributed by atoms with van der Waals surface area (Å²) < 4.78 is 0. The molecule has 0 radical (unpaired) electrons. The topological polar surface area (TPSA) is 35.5 Å². The fourth-order valence-corrected chi connectivity index (χ4v) is 2.56. The maximum Gasteiger partial charge on any atom is 0.379 e. The average molecular weight is 320 g/mol. The third-order valence-electron chi connectivity index (χ3n) is 3.97. The van der Waals surface area contributed by atoms with E-state index in [0.29, 0.717) is 5.76 Å². The van der Waals surface area contributed by atoms with Crippen LogP contribution < -0.4 is 0 Å². The maximum atomic E-state index is 10.7. The minimum atomic E-state index is -0.466. The normalized spacial score (nSPS) is 16.0. The molecule has 1 rings (SSSR count). The smallest absolute Gasteiger partial charge is 0.287 e. The molecule has 23 heavy (non-hydrogen) atoms. The number of allylic oxidation sites excluding steroid dienone is 4. The van der Waals surface area contributed by atoms with Crippen LogP contribution in [0.1, 0.15) is 84.0 Å². The van der Waals surface area contributed by atoms with Crippen LogP contribution >= 0.6 is 0 Å². The van der Waals surface area contributed by atoms with Crippen molar-refractivity contribution >= 4 is 5.97 Å². The Morgan fingerprint density at radius 3 is 2.00 bits per heavy atom. The summed E-state index contributed by atoms with van der Waals surface area (Å²) in [6, 6.07) is 0. The van der Waals surface area contributed by atoms with E-state index in [4.69, 9.17) is 4.89 Å². The Morgan fingerprint density at radius 2 is 1.43 bits per heavy atom. The zero-order valence-electron chi connectivity index (χ0n) is 14.6. The number of hydrogen-bond acceptors (Lipinski definition) is 3. The monoisotopic (exact) mass is 320 g/mol. The van der Waals surface area contributed by atoms with Gasteiger partial charge in [-0.2, -0.15) is 0 Å². The Kier molecular flexibility index (Phi) is 12.0. The van der Waals surface area contributed by atoms with Gasteiger partial charge in [-0.1, -0.05) is 83.3 Å². The molecule has 0 spiro atoms. The molecule has 0 saturated carbocycles. The molecule has 130 valence electrons. The lowest BCUT2D eigenvalue weighted by Crippen LogP contribution is -2.06. The van der Waals surface area contributed by atoms with Crippen LogP contribution in [-0.2, 0) is 14.6 Å². The van der Waals surface area contributed by atoms with Crippen molar-refractivity contribution in [3.63, 3.8) is 0 Å². The highest BCUT2D eigenvalue weighted by molar-refractivity contribution is 5.82. The molecule has 0 aromatic rings. The second-order valence-corrected chi connectivity index (χ2v) is 6.14. The van der Waals surface area contributed by atoms with Crippen molar-refractivity contribution in [2.45, 2.75) is 84.0 Å². The number of carbonyl (C=O) groups excluding carboxylic acids is 1. The molecule has 0 bridgehead atoms. The van der Waals surface area contributed by atoms with Crippen molar-refractivity contribution in [3.8, 4) is 0 Å². The van der Waals surface area contributed by atoms with Crippen molar-refractivity contribution in [1.82, 2.24) is 0 Å². The van der Waals surface area contributed by atoms with Gasteiger partial charge >= 0.3 is 5.97 Å². The Bertz CT molecular complexity index is 394. The molecule has 1 aliphatic heterocycles. The molecule has 3 heteroatoms. The van der Waals surface area contributed by atoms with E-state index >= 15 is 0 Å². The third kappa shape index (κ3) is 11.7. The summed E-state index contributed by atoms with van der Waals surface area (Å²) in [5.74, 6) is 0.0897. The van der Waals surface area contributed by atoms with Gasteiger partial charge < -0.3 is 0 Å². The van der Waals surface area contributed by atoms with Gasteiger partial charge in [0.05, 0.1) is 0 Å². The van der Waals surface area contributed by atoms with E-state index < -0.39 is 5.97 Å². The van der Waals surface area contributed by atoms with Crippen molar-refractivity contribution in [2.75, 3.05) is 0 Å².